The maximum atomic E-state index is 14.2. The quantitative estimate of drug-likeness (QED) is 0.897. The number of rotatable bonds is 5. The van der Waals surface area contributed by atoms with Gasteiger partial charge in [-0.1, -0.05) is 26.0 Å². The molecule has 20 heavy (non-hydrogen) atoms. The van der Waals surface area contributed by atoms with Crippen LogP contribution in [0.3, 0.4) is 0 Å². The SMILES string of the molecule is CCNC1CCN(Cc2cccc(OC)c2F)CC1C. The Morgan fingerprint density at radius 1 is 1.45 bits per heavy atom. The minimum absolute atomic E-state index is 0.226. The first kappa shape index (κ1) is 15.3. The van der Waals surface area contributed by atoms with Crippen molar-refractivity contribution in [1.82, 2.24) is 10.2 Å². The highest BCUT2D eigenvalue weighted by atomic mass is 19.1. The van der Waals surface area contributed by atoms with E-state index in [2.05, 4.69) is 24.1 Å². The van der Waals surface area contributed by atoms with Crippen LogP contribution in [0.1, 0.15) is 25.8 Å². The van der Waals surface area contributed by atoms with E-state index in [0.717, 1.165) is 31.6 Å². The number of nitrogens with one attached hydrogen (secondary N) is 1. The van der Waals surface area contributed by atoms with Gasteiger partial charge in [0.15, 0.2) is 11.6 Å². The molecule has 1 aliphatic heterocycles. The maximum Gasteiger partial charge on any atom is 0.169 e. The van der Waals surface area contributed by atoms with E-state index in [1.54, 1.807) is 6.07 Å². The molecule has 0 radical (unpaired) electrons. The molecular formula is C16H25FN2O. The first-order valence-electron chi connectivity index (χ1n) is 7.42. The molecule has 0 spiro atoms. The Hall–Kier alpha value is -1.13. The number of ether oxygens (including phenoxy) is 1. The fraction of sp³-hybridized carbons (Fsp3) is 0.625. The van der Waals surface area contributed by atoms with Crippen LogP contribution in [0.2, 0.25) is 0 Å². The molecule has 2 atom stereocenters. The monoisotopic (exact) mass is 280 g/mol. The lowest BCUT2D eigenvalue weighted by molar-refractivity contribution is 0.140. The molecule has 0 amide bonds. The Bertz CT molecular complexity index is 438. The van der Waals surface area contributed by atoms with Crippen molar-refractivity contribution in [2.75, 3.05) is 26.7 Å². The van der Waals surface area contributed by atoms with Gasteiger partial charge in [-0.2, -0.15) is 0 Å². The third kappa shape index (κ3) is 3.49. The molecule has 1 heterocycles. The number of likely N-dealkylation sites (tertiary alicyclic amines) is 1. The highest BCUT2D eigenvalue weighted by molar-refractivity contribution is 5.31. The van der Waals surface area contributed by atoms with Gasteiger partial charge < -0.3 is 10.1 Å². The summed E-state index contributed by atoms with van der Waals surface area (Å²) in [6, 6.07) is 5.95. The molecule has 112 valence electrons. The zero-order chi connectivity index (χ0) is 14.5. The highest BCUT2D eigenvalue weighted by Gasteiger charge is 2.25. The van der Waals surface area contributed by atoms with Gasteiger partial charge in [0, 0.05) is 24.7 Å². The van der Waals surface area contributed by atoms with Crippen molar-refractivity contribution in [1.29, 1.82) is 0 Å². The van der Waals surface area contributed by atoms with Crippen molar-refractivity contribution >= 4 is 0 Å². The van der Waals surface area contributed by atoms with Crippen LogP contribution in [-0.2, 0) is 6.54 Å². The minimum atomic E-state index is -0.226. The summed E-state index contributed by atoms with van der Waals surface area (Å²) in [6.07, 6.45) is 1.13. The molecule has 1 fully saturated rings. The van der Waals surface area contributed by atoms with Gasteiger partial charge in [-0.3, -0.25) is 4.90 Å². The van der Waals surface area contributed by atoms with E-state index < -0.39 is 0 Å². The van der Waals surface area contributed by atoms with E-state index in [0.29, 0.717) is 24.3 Å². The predicted molar refractivity (Wildman–Crippen MR) is 79.5 cm³/mol. The van der Waals surface area contributed by atoms with Crippen LogP contribution in [0.4, 0.5) is 4.39 Å². The number of nitrogens with zero attached hydrogens (tertiary/aromatic N) is 1. The highest BCUT2D eigenvalue weighted by Crippen LogP contribution is 2.24. The Labute approximate surface area is 121 Å². The topological polar surface area (TPSA) is 24.5 Å². The Morgan fingerprint density at radius 2 is 2.25 bits per heavy atom. The van der Waals surface area contributed by atoms with Crippen molar-refractivity contribution in [3.63, 3.8) is 0 Å². The molecule has 1 aromatic rings. The lowest BCUT2D eigenvalue weighted by Crippen LogP contribution is -2.47. The largest absolute Gasteiger partial charge is 0.494 e. The molecular weight excluding hydrogens is 255 g/mol. The van der Waals surface area contributed by atoms with Crippen molar-refractivity contribution in [2.24, 2.45) is 5.92 Å². The fourth-order valence-electron chi connectivity index (χ4n) is 3.02. The van der Waals surface area contributed by atoms with Crippen LogP contribution in [0, 0.1) is 11.7 Å². The van der Waals surface area contributed by atoms with Crippen LogP contribution >= 0.6 is 0 Å². The summed E-state index contributed by atoms with van der Waals surface area (Å²) in [6.45, 7) is 8.10. The number of halogens is 1. The van der Waals surface area contributed by atoms with Gasteiger partial charge in [0.05, 0.1) is 7.11 Å². The van der Waals surface area contributed by atoms with Gasteiger partial charge in [0.2, 0.25) is 0 Å². The van der Waals surface area contributed by atoms with Gasteiger partial charge in [-0.25, -0.2) is 4.39 Å². The van der Waals surface area contributed by atoms with Crippen molar-refractivity contribution in [3.8, 4) is 5.75 Å². The van der Waals surface area contributed by atoms with Gasteiger partial charge in [-0.05, 0) is 31.5 Å². The molecule has 1 N–H and O–H groups in total. The molecule has 0 saturated carbocycles. The number of methoxy groups -OCH3 is 1. The van der Waals surface area contributed by atoms with Gasteiger partial charge >= 0.3 is 0 Å². The van der Waals surface area contributed by atoms with Crippen LogP contribution in [0.15, 0.2) is 18.2 Å². The van der Waals surface area contributed by atoms with Crippen LogP contribution in [0.5, 0.6) is 5.75 Å². The number of benzene rings is 1. The van der Waals surface area contributed by atoms with E-state index in [4.69, 9.17) is 4.74 Å². The van der Waals surface area contributed by atoms with Crippen LogP contribution in [0.25, 0.3) is 0 Å². The summed E-state index contributed by atoms with van der Waals surface area (Å²) in [4.78, 5) is 2.33. The van der Waals surface area contributed by atoms with Gasteiger partial charge in [-0.15, -0.1) is 0 Å². The Kier molecular flexibility index (Phi) is 5.38. The second-order valence-corrected chi connectivity index (χ2v) is 5.60. The molecule has 2 unspecified atom stereocenters. The van der Waals surface area contributed by atoms with E-state index >= 15 is 0 Å². The van der Waals surface area contributed by atoms with Crippen LogP contribution < -0.4 is 10.1 Å². The van der Waals surface area contributed by atoms with E-state index in [9.17, 15) is 4.39 Å². The minimum Gasteiger partial charge on any atom is -0.494 e. The normalized spacial score (nSPS) is 23.8. The van der Waals surface area contributed by atoms with Gasteiger partial charge in [0.1, 0.15) is 0 Å². The smallest absolute Gasteiger partial charge is 0.169 e. The van der Waals surface area contributed by atoms with E-state index in [1.807, 2.05) is 12.1 Å². The molecule has 2 rings (SSSR count). The maximum absolute atomic E-state index is 14.2. The van der Waals surface area contributed by atoms with Crippen LogP contribution in [-0.4, -0.2) is 37.7 Å². The second-order valence-electron chi connectivity index (χ2n) is 5.60. The molecule has 1 aliphatic rings. The number of piperidine rings is 1. The number of hydrogen-bond donors (Lipinski definition) is 1. The number of hydrogen-bond acceptors (Lipinski definition) is 3. The van der Waals surface area contributed by atoms with E-state index in [-0.39, 0.29) is 5.82 Å². The molecule has 1 saturated heterocycles. The molecule has 0 aromatic heterocycles. The molecule has 1 aromatic carbocycles. The zero-order valence-corrected chi connectivity index (χ0v) is 12.7. The summed E-state index contributed by atoms with van der Waals surface area (Å²) in [5.74, 6) is 0.701. The average Bonchev–Trinajstić information content (AvgIpc) is 2.44. The van der Waals surface area contributed by atoms with Crippen molar-refractivity contribution in [2.45, 2.75) is 32.9 Å². The third-order valence-corrected chi connectivity index (χ3v) is 4.11. The summed E-state index contributed by atoms with van der Waals surface area (Å²) in [5.41, 5.74) is 0.721. The predicted octanol–water partition coefficient (Wildman–Crippen LogP) is 2.65. The summed E-state index contributed by atoms with van der Waals surface area (Å²) >= 11 is 0. The summed E-state index contributed by atoms with van der Waals surface area (Å²) in [7, 11) is 1.51. The Morgan fingerprint density at radius 3 is 2.90 bits per heavy atom. The van der Waals surface area contributed by atoms with Crippen molar-refractivity contribution in [3.05, 3.63) is 29.6 Å². The molecule has 0 aliphatic carbocycles. The zero-order valence-electron chi connectivity index (χ0n) is 12.7. The molecule has 3 nitrogen and oxygen atoms in total. The average molecular weight is 280 g/mol. The fourth-order valence-corrected chi connectivity index (χ4v) is 3.02. The first-order valence-corrected chi connectivity index (χ1v) is 7.42. The van der Waals surface area contributed by atoms with E-state index in [1.165, 1.54) is 7.11 Å². The Balaban J connectivity index is 1.98. The third-order valence-electron chi connectivity index (χ3n) is 4.11. The lowest BCUT2D eigenvalue weighted by atomic mass is 9.93. The summed E-state index contributed by atoms with van der Waals surface area (Å²) < 4.78 is 19.2. The standard InChI is InChI=1S/C16H25FN2O/c1-4-18-14-8-9-19(10-12(14)2)11-13-6-5-7-15(20-3)16(13)17/h5-7,12,14,18H,4,8-11H2,1-3H3. The second kappa shape index (κ2) is 7.04. The summed E-state index contributed by atoms with van der Waals surface area (Å²) in [5, 5.41) is 3.53. The first-order chi connectivity index (χ1) is 9.65. The molecule has 4 heteroatoms. The van der Waals surface area contributed by atoms with Crippen molar-refractivity contribution < 1.29 is 9.13 Å². The van der Waals surface area contributed by atoms with Gasteiger partial charge in [0.25, 0.3) is 0 Å². The lowest BCUT2D eigenvalue weighted by Gasteiger charge is -2.37. The molecule has 0 bridgehead atoms.